The highest BCUT2D eigenvalue weighted by molar-refractivity contribution is 7.14. The minimum atomic E-state index is -0.413. The zero-order valence-electron chi connectivity index (χ0n) is 17.5. The van der Waals surface area contributed by atoms with Gasteiger partial charge in [0.15, 0.2) is 5.13 Å². The monoisotopic (exact) mass is 486 g/mol. The molecule has 0 fully saturated rings. The van der Waals surface area contributed by atoms with Gasteiger partial charge in [0.25, 0.3) is 5.56 Å². The lowest BCUT2D eigenvalue weighted by Gasteiger charge is -2.19. The molecule has 0 unspecified atom stereocenters. The van der Waals surface area contributed by atoms with Crippen LogP contribution in [0.3, 0.4) is 0 Å². The van der Waals surface area contributed by atoms with E-state index in [4.69, 9.17) is 23.2 Å². The highest BCUT2D eigenvalue weighted by atomic mass is 35.5. The minimum Gasteiger partial charge on any atom is -0.325 e. The fraction of sp³-hybridized carbons (Fsp3) is 0.217. The Labute approximate surface area is 199 Å². The fourth-order valence-electron chi connectivity index (χ4n) is 3.38. The van der Waals surface area contributed by atoms with Crippen LogP contribution in [0.1, 0.15) is 28.8 Å². The van der Waals surface area contributed by atoms with Gasteiger partial charge >= 0.3 is 0 Å². The zero-order valence-corrected chi connectivity index (χ0v) is 19.9. The molecule has 2 aromatic heterocycles. The number of thiazole rings is 1. The molecule has 0 aliphatic rings. The molecule has 0 saturated heterocycles. The molecule has 32 heavy (non-hydrogen) atoms. The van der Waals surface area contributed by atoms with Crippen LogP contribution in [-0.4, -0.2) is 22.4 Å². The average Bonchev–Trinajstić information content (AvgIpc) is 3.23. The summed E-state index contributed by atoms with van der Waals surface area (Å²) in [7, 11) is 0. The Morgan fingerprint density at radius 3 is 2.75 bits per heavy atom. The van der Waals surface area contributed by atoms with Gasteiger partial charge in [0, 0.05) is 29.6 Å². The van der Waals surface area contributed by atoms with E-state index in [1.165, 1.54) is 11.3 Å². The van der Waals surface area contributed by atoms with E-state index in [2.05, 4.69) is 16.5 Å². The van der Waals surface area contributed by atoms with E-state index in [0.29, 0.717) is 45.1 Å². The van der Waals surface area contributed by atoms with E-state index in [1.807, 2.05) is 17.5 Å². The Kier molecular flexibility index (Phi) is 7.52. The maximum absolute atomic E-state index is 13.1. The molecule has 0 aliphatic heterocycles. The third-order valence-corrected chi connectivity index (χ3v) is 6.66. The number of aromatic amines is 1. The van der Waals surface area contributed by atoms with E-state index >= 15 is 0 Å². The summed E-state index contributed by atoms with van der Waals surface area (Å²) in [4.78, 5) is 33.9. The number of rotatable bonds is 7. The van der Waals surface area contributed by atoms with Crippen LogP contribution in [0.5, 0.6) is 0 Å². The number of H-pyrrole nitrogens is 1. The van der Waals surface area contributed by atoms with E-state index in [-0.39, 0.29) is 17.9 Å². The first-order valence-corrected chi connectivity index (χ1v) is 11.3. The lowest BCUT2D eigenvalue weighted by molar-refractivity contribution is -0.118. The molecule has 9 heteroatoms. The molecule has 1 N–H and O–H groups in total. The van der Waals surface area contributed by atoms with Crippen LogP contribution in [-0.2, 0) is 11.2 Å². The molecule has 3 aromatic rings. The number of nitrogens with one attached hydrogen (secondary N) is 1. The second-order valence-electron chi connectivity index (χ2n) is 7.11. The van der Waals surface area contributed by atoms with Gasteiger partial charge in [-0.15, -0.1) is 17.9 Å². The van der Waals surface area contributed by atoms with Gasteiger partial charge in [-0.3, -0.25) is 14.5 Å². The Balaban J connectivity index is 1.83. The van der Waals surface area contributed by atoms with Gasteiger partial charge < -0.3 is 4.98 Å². The molecule has 0 bridgehead atoms. The summed E-state index contributed by atoms with van der Waals surface area (Å²) in [5, 5.41) is 12.5. The average molecular weight is 487 g/mol. The number of anilines is 1. The summed E-state index contributed by atoms with van der Waals surface area (Å²) in [6.45, 7) is 7.55. The quantitative estimate of drug-likeness (QED) is 0.449. The predicted molar refractivity (Wildman–Crippen MR) is 130 cm³/mol. The Hall–Kier alpha value is -2.92. The number of benzene rings is 1. The zero-order chi connectivity index (χ0) is 23.4. The highest BCUT2D eigenvalue weighted by Crippen LogP contribution is 2.32. The molecule has 6 nitrogen and oxygen atoms in total. The molecule has 0 atom stereocenters. The molecule has 164 valence electrons. The molecule has 0 saturated carbocycles. The summed E-state index contributed by atoms with van der Waals surface area (Å²) in [5.74, 6) is -0.136. The molecular weight excluding hydrogens is 467 g/mol. The third-order valence-electron chi connectivity index (χ3n) is 5.06. The maximum Gasteiger partial charge on any atom is 0.266 e. The first-order valence-electron chi connectivity index (χ1n) is 9.71. The molecule has 1 amide bonds. The maximum atomic E-state index is 13.1. The number of carbonyl (C=O) groups is 1. The molecule has 0 spiro atoms. The number of nitriles is 1. The summed E-state index contributed by atoms with van der Waals surface area (Å²) in [6, 6.07) is 7.19. The predicted octanol–water partition coefficient (Wildman–Crippen LogP) is 5.45. The smallest absolute Gasteiger partial charge is 0.266 e. The number of carbonyl (C=O) groups excluding carboxylic acids is 1. The highest BCUT2D eigenvalue weighted by Gasteiger charge is 2.20. The Bertz CT molecular complexity index is 1290. The summed E-state index contributed by atoms with van der Waals surface area (Å²) in [5.41, 5.74) is 3.21. The van der Waals surface area contributed by atoms with E-state index in [1.54, 1.807) is 37.0 Å². The molecule has 1 aromatic carbocycles. The number of hydrogen-bond acceptors (Lipinski definition) is 5. The normalized spacial score (nSPS) is 10.6. The van der Waals surface area contributed by atoms with Crippen LogP contribution >= 0.6 is 34.5 Å². The first-order chi connectivity index (χ1) is 15.3. The molecule has 0 radical (unpaired) electrons. The van der Waals surface area contributed by atoms with Crippen molar-refractivity contribution in [3.05, 3.63) is 79.0 Å². The van der Waals surface area contributed by atoms with Crippen molar-refractivity contribution in [3.63, 3.8) is 0 Å². The van der Waals surface area contributed by atoms with Gasteiger partial charge in [-0.2, -0.15) is 5.26 Å². The summed E-state index contributed by atoms with van der Waals surface area (Å²) in [6.07, 6.45) is 2.22. The van der Waals surface area contributed by atoms with Gasteiger partial charge in [-0.25, -0.2) is 4.98 Å². The van der Waals surface area contributed by atoms with E-state index in [9.17, 15) is 14.9 Å². The van der Waals surface area contributed by atoms with Crippen molar-refractivity contribution in [2.75, 3.05) is 11.4 Å². The minimum absolute atomic E-state index is 0.0761. The van der Waals surface area contributed by atoms with Gasteiger partial charge in [0.05, 0.1) is 15.7 Å². The lowest BCUT2D eigenvalue weighted by Crippen LogP contribution is -2.31. The number of halogens is 2. The van der Waals surface area contributed by atoms with Crippen LogP contribution in [0.2, 0.25) is 10.0 Å². The first kappa shape index (κ1) is 23.7. The van der Waals surface area contributed by atoms with Crippen molar-refractivity contribution >= 4 is 45.6 Å². The number of aryl methyl sites for hydroxylation is 1. The molecule has 0 aliphatic carbocycles. The van der Waals surface area contributed by atoms with Crippen molar-refractivity contribution in [1.29, 1.82) is 5.26 Å². The third kappa shape index (κ3) is 4.94. The van der Waals surface area contributed by atoms with Gasteiger partial charge in [0.1, 0.15) is 11.6 Å². The Morgan fingerprint density at radius 1 is 1.34 bits per heavy atom. The second kappa shape index (κ2) is 10.1. The van der Waals surface area contributed by atoms with Gasteiger partial charge in [-0.1, -0.05) is 35.3 Å². The van der Waals surface area contributed by atoms with E-state index < -0.39 is 5.56 Å². The number of nitrogens with zero attached hydrogens (tertiary/aromatic N) is 3. The van der Waals surface area contributed by atoms with Gasteiger partial charge in [0.2, 0.25) is 5.91 Å². The number of pyridine rings is 1. The van der Waals surface area contributed by atoms with Crippen LogP contribution in [0.15, 0.2) is 41.0 Å². The topological polar surface area (TPSA) is 89.9 Å². The van der Waals surface area contributed by atoms with E-state index in [0.717, 1.165) is 11.1 Å². The largest absolute Gasteiger partial charge is 0.325 e. The standard InChI is InChI=1S/C23H20Cl2N4O2S/c1-4-9-29(23-28-20(12-32-23)15-5-7-18(24)19(25)10-15)21(30)8-6-16-13(2)17(11-26)22(31)27-14(16)3/h4-5,7,10,12H,1,6,8-9H2,2-3H3,(H,27,31). The van der Waals surface area contributed by atoms with Crippen LogP contribution < -0.4 is 10.5 Å². The second-order valence-corrected chi connectivity index (χ2v) is 8.76. The summed E-state index contributed by atoms with van der Waals surface area (Å²) < 4.78 is 0. The number of amides is 1. The summed E-state index contributed by atoms with van der Waals surface area (Å²) >= 11 is 13.5. The van der Waals surface area contributed by atoms with Crippen LogP contribution in [0, 0.1) is 25.2 Å². The van der Waals surface area contributed by atoms with Crippen molar-refractivity contribution < 1.29 is 4.79 Å². The fourth-order valence-corrected chi connectivity index (χ4v) is 4.54. The number of hydrogen-bond donors (Lipinski definition) is 1. The molecule has 3 rings (SSSR count). The van der Waals surface area contributed by atoms with Crippen molar-refractivity contribution in [2.45, 2.75) is 26.7 Å². The van der Waals surface area contributed by atoms with Crippen LogP contribution in [0.25, 0.3) is 11.3 Å². The van der Waals surface area contributed by atoms with Crippen LogP contribution in [0.4, 0.5) is 5.13 Å². The lowest BCUT2D eigenvalue weighted by atomic mass is 9.99. The SMILES string of the molecule is C=CCN(C(=O)CCc1c(C)[nH]c(=O)c(C#N)c1C)c1nc(-c2ccc(Cl)c(Cl)c2)cs1. The van der Waals surface area contributed by atoms with Crippen molar-refractivity contribution in [1.82, 2.24) is 9.97 Å². The van der Waals surface area contributed by atoms with Crippen molar-refractivity contribution in [3.8, 4) is 17.3 Å². The van der Waals surface area contributed by atoms with Gasteiger partial charge in [-0.05, 0) is 43.5 Å². The molecule has 2 heterocycles. The Morgan fingerprint density at radius 2 is 2.09 bits per heavy atom. The molecular formula is C23H20Cl2N4O2S. The number of aromatic nitrogens is 2. The van der Waals surface area contributed by atoms with Crippen molar-refractivity contribution in [2.24, 2.45) is 0 Å².